The predicted molar refractivity (Wildman–Crippen MR) is 62.3 cm³/mol. The normalized spacial score (nSPS) is 12.6. The second kappa shape index (κ2) is 4.92. The van der Waals surface area contributed by atoms with E-state index >= 15 is 0 Å². The van der Waals surface area contributed by atoms with Crippen molar-refractivity contribution >= 4 is 0 Å². The van der Waals surface area contributed by atoms with Gasteiger partial charge in [0.15, 0.2) is 5.82 Å². The van der Waals surface area contributed by atoms with Crippen molar-refractivity contribution in [2.24, 2.45) is 0 Å². The fraction of sp³-hybridized carbons (Fsp3) is 0.364. The Morgan fingerprint density at radius 3 is 3.00 bits per heavy atom. The molecule has 1 atom stereocenters. The van der Waals surface area contributed by atoms with Gasteiger partial charge >= 0.3 is 0 Å². The van der Waals surface area contributed by atoms with Gasteiger partial charge < -0.3 is 10.4 Å². The standard InChI is InChI=1S/C11H15N5O/c1-7-3-4-10(17)9(5-7)6-12-8(2)11-13-15-16-14-11/h3-5,8,12,17H,6H2,1-2H3,(H,13,14,15,16). The Bertz CT molecular complexity index is 483. The van der Waals surface area contributed by atoms with E-state index in [0.29, 0.717) is 18.1 Å². The smallest absolute Gasteiger partial charge is 0.191 e. The minimum atomic E-state index is -0.0198. The minimum Gasteiger partial charge on any atom is -0.508 e. The Morgan fingerprint density at radius 1 is 1.47 bits per heavy atom. The lowest BCUT2D eigenvalue weighted by molar-refractivity contribution is 0.458. The van der Waals surface area contributed by atoms with E-state index in [0.717, 1.165) is 11.1 Å². The van der Waals surface area contributed by atoms with Crippen molar-refractivity contribution in [1.82, 2.24) is 25.9 Å². The quantitative estimate of drug-likeness (QED) is 0.735. The van der Waals surface area contributed by atoms with Crippen molar-refractivity contribution in [3.63, 3.8) is 0 Å². The van der Waals surface area contributed by atoms with E-state index in [2.05, 4.69) is 25.9 Å². The van der Waals surface area contributed by atoms with Crippen LogP contribution >= 0.6 is 0 Å². The third kappa shape index (κ3) is 2.79. The Hall–Kier alpha value is -1.95. The van der Waals surface area contributed by atoms with Gasteiger partial charge in [0.05, 0.1) is 6.04 Å². The largest absolute Gasteiger partial charge is 0.508 e. The van der Waals surface area contributed by atoms with Crippen LogP contribution < -0.4 is 5.32 Å². The molecular formula is C11H15N5O. The van der Waals surface area contributed by atoms with Crippen LogP contribution in [0.5, 0.6) is 5.75 Å². The second-order valence-corrected chi connectivity index (χ2v) is 4.00. The van der Waals surface area contributed by atoms with Crippen LogP contribution in [0.25, 0.3) is 0 Å². The van der Waals surface area contributed by atoms with Crippen molar-refractivity contribution in [3.05, 3.63) is 35.2 Å². The van der Waals surface area contributed by atoms with Gasteiger partial charge in [0, 0.05) is 12.1 Å². The van der Waals surface area contributed by atoms with Crippen LogP contribution in [0.4, 0.5) is 0 Å². The first-order valence-electron chi connectivity index (χ1n) is 5.42. The number of tetrazole rings is 1. The number of H-pyrrole nitrogens is 1. The van der Waals surface area contributed by atoms with Gasteiger partial charge in [-0.05, 0) is 19.9 Å². The monoisotopic (exact) mass is 233 g/mol. The lowest BCUT2D eigenvalue weighted by atomic mass is 10.1. The molecule has 6 nitrogen and oxygen atoms in total. The van der Waals surface area contributed by atoms with Crippen molar-refractivity contribution < 1.29 is 5.11 Å². The van der Waals surface area contributed by atoms with Crippen molar-refractivity contribution in [2.75, 3.05) is 0 Å². The first-order chi connectivity index (χ1) is 8.16. The molecule has 0 aliphatic carbocycles. The lowest BCUT2D eigenvalue weighted by Crippen LogP contribution is -2.19. The number of hydrogen-bond acceptors (Lipinski definition) is 5. The number of hydrogen-bond donors (Lipinski definition) is 3. The summed E-state index contributed by atoms with van der Waals surface area (Å²) in [5, 5.41) is 26.6. The third-order valence-electron chi connectivity index (χ3n) is 2.58. The molecule has 2 rings (SSSR count). The number of phenolic OH excluding ortho intramolecular Hbond substituents is 1. The molecule has 0 aliphatic heterocycles. The first-order valence-corrected chi connectivity index (χ1v) is 5.42. The molecule has 1 aromatic carbocycles. The van der Waals surface area contributed by atoms with Crippen LogP contribution in [0, 0.1) is 6.92 Å². The van der Waals surface area contributed by atoms with Crippen LogP contribution in [0.15, 0.2) is 18.2 Å². The van der Waals surface area contributed by atoms with Gasteiger partial charge in [0.25, 0.3) is 0 Å². The molecule has 17 heavy (non-hydrogen) atoms. The summed E-state index contributed by atoms with van der Waals surface area (Å²) in [4.78, 5) is 0. The molecule has 3 N–H and O–H groups in total. The highest BCUT2D eigenvalue weighted by Gasteiger charge is 2.10. The molecule has 0 fully saturated rings. The number of benzene rings is 1. The lowest BCUT2D eigenvalue weighted by Gasteiger charge is -2.11. The second-order valence-electron chi connectivity index (χ2n) is 4.00. The number of aromatic hydroxyl groups is 1. The van der Waals surface area contributed by atoms with Crippen molar-refractivity contribution in [1.29, 1.82) is 0 Å². The zero-order chi connectivity index (χ0) is 12.3. The van der Waals surface area contributed by atoms with Crippen molar-refractivity contribution in [2.45, 2.75) is 26.4 Å². The highest BCUT2D eigenvalue weighted by Crippen LogP contribution is 2.18. The molecule has 0 radical (unpaired) electrons. The maximum absolute atomic E-state index is 9.69. The summed E-state index contributed by atoms with van der Waals surface area (Å²) in [7, 11) is 0. The molecule has 0 amide bonds. The fourth-order valence-corrected chi connectivity index (χ4v) is 1.56. The van der Waals surface area contributed by atoms with Gasteiger partial charge in [0.1, 0.15) is 5.75 Å². The van der Waals surface area contributed by atoms with E-state index in [1.165, 1.54) is 0 Å². The molecule has 0 saturated carbocycles. The minimum absolute atomic E-state index is 0.0198. The number of nitrogens with one attached hydrogen (secondary N) is 2. The Morgan fingerprint density at radius 2 is 2.29 bits per heavy atom. The van der Waals surface area contributed by atoms with Gasteiger partial charge in [-0.1, -0.05) is 22.9 Å². The van der Waals surface area contributed by atoms with Crippen LogP contribution in [-0.4, -0.2) is 25.7 Å². The van der Waals surface area contributed by atoms with E-state index in [1.54, 1.807) is 6.07 Å². The molecule has 90 valence electrons. The Labute approximate surface area is 99.1 Å². The molecular weight excluding hydrogens is 218 g/mol. The summed E-state index contributed by atoms with van der Waals surface area (Å²) >= 11 is 0. The molecule has 1 unspecified atom stereocenters. The number of aryl methyl sites for hydroxylation is 1. The van der Waals surface area contributed by atoms with Crippen LogP contribution in [0.2, 0.25) is 0 Å². The SMILES string of the molecule is Cc1ccc(O)c(CNC(C)c2nn[nH]n2)c1. The van der Waals surface area contributed by atoms with Crippen molar-refractivity contribution in [3.8, 4) is 5.75 Å². The molecule has 1 aromatic heterocycles. The van der Waals surface area contributed by atoms with E-state index in [4.69, 9.17) is 0 Å². The predicted octanol–water partition coefficient (Wildman–Crippen LogP) is 1.06. The summed E-state index contributed by atoms with van der Waals surface area (Å²) < 4.78 is 0. The van der Waals surface area contributed by atoms with E-state index in [1.807, 2.05) is 26.0 Å². The van der Waals surface area contributed by atoms with Gasteiger partial charge in [-0.15, -0.1) is 10.2 Å². The number of nitrogens with zero attached hydrogens (tertiary/aromatic N) is 3. The number of aromatic amines is 1. The summed E-state index contributed by atoms with van der Waals surface area (Å²) in [6.07, 6.45) is 0. The number of aromatic nitrogens is 4. The van der Waals surface area contributed by atoms with E-state index < -0.39 is 0 Å². The van der Waals surface area contributed by atoms with E-state index in [-0.39, 0.29) is 6.04 Å². The van der Waals surface area contributed by atoms with Gasteiger partial charge in [0.2, 0.25) is 0 Å². The zero-order valence-electron chi connectivity index (χ0n) is 9.81. The Balaban J connectivity index is 2.00. The average molecular weight is 233 g/mol. The van der Waals surface area contributed by atoms with E-state index in [9.17, 15) is 5.11 Å². The number of rotatable bonds is 4. The first kappa shape index (κ1) is 11.5. The summed E-state index contributed by atoms with van der Waals surface area (Å²) in [6.45, 7) is 4.49. The molecule has 0 spiro atoms. The maximum atomic E-state index is 9.69. The van der Waals surface area contributed by atoms with Gasteiger partial charge in [-0.25, -0.2) is 0 Å². The average Bonchev–Trinajstić information content (AvgIpc) is 2.83. The third-order valence-corrected chi connectivity index (χ3v) is 2.58. The number of phenols is 1. The van der Waals surface area contributed by atoms with Crippen LogP contribution in [-0.2, 0) is 6.54 Å². The molecule has 0 aliphatic rings. The molecule has 2 aromatic rings. The molecule has 0 bridgehead atoms. The topological polar surface area (TPSA) is 86.7 Å². The van der Waals surface area contributed by atoms with Crippen LogP contribution in [0.3, 0.4) is 0 Å². The van der Waals surface area contributed by atoms with Gasteiger partial charge in [-0.3, -0.25) is 0 Å². The zero-order valence-corrected chi connectivity index (χ0v) is 9.81. The molecule has 0 saturated heterocycles. The summed E-state index contributed by atoms with van der Waals surface area (Å²) in [5.74, 6) is 0.903. The highest BCUT2D eigenvalue weighted by molar-refractivity contribution is 5.35. The fourth-order valence-electron chi connectivity index (χ4n) is 1.56. The maximum Gasteiger partial charge on any atom is 0.191 e. The molecule has 1 heterocycles. The highest BCUT2D eigenvalue weighted by atomic mass is 16.3. The Kier molecular flexibility index (Phi) is 3.34. The summed E-state index contributed by atoms with van der Waals surface area (Å²) in [5.41, 5.74) is 1.98. The van der Waals surface area contributed by atoms with Crippen LogP contribution in [0.1, 0.15) is 29.9 Å². The summed E-state index contributed by atoms with van der Waals surface area (Å²) in [6, 6.07) is 5.51. The molecule has 6 heteroatoms. The van der Waals surface area contributed by atoms with Gasteiger partial charge in [-0.2, -0.15) is 5.21 Å².